The zero-order chi connectivity index (χ0) is 27.5. The van der Waals surface area contributed by atoms with Crippen LogP contribution in [0.4, 0.5) is 10.5 Å². The number of carbonyl (C=O) groups excluding carboxylic acids is 3. The lowest BCUT2D eigenvalue weighted by Gasteiger charge is -2.26. The van der Waals surface area contributed by atoms with Crippen molar-refractivity contribution in [3.63, 3.8) is 0 Å². The van der Waals surface area contributed by atoms with Crippen LogP contribution in [0.15, 0.2) is 93.4 Å². The van der Waals surface area contributed by atoms with Crippen molar-refractivity contribution >= 4 is 72.2 Å². The number of hydrogen-bond acceptors (Lipinski definition) is 5. The zero-order valence-corrected chi connectivity index (χ0v) is 23.9. The Bertz CT molecular complexity index is 1630. The monoisotopic (exact) mass is 648 g/mol. The molecule has 1 N–H and O–H groups in total. The summed E-state index contributed by atoms with van der Waals surface area (Å²) in [4.78, 5) is 39.4. The predicted molar refractivity (Wildman–Crippen MR) is 157 cm³/mol. The molecule has 4 aromatic carbocycles. The highest BCUT2D eigenvalue weighted by atomic mass is 79.9. The molecule has 4 amide bonds. The number of ether oxygens (including phenoxy) is 2. The molecule has 4 aromatic rings. The standard InChI is InChI=1S/C30H22Br2N2O5/c1-2-38-26-15-20(14-24-28(35)33-30(37)34(29(24)36)22-12-10-21(31)11-13-22)25(32)16-27(26)39-17-19-8-5-7-18-6-3-4-9-23(18)19/h3-16H,2,17H2,1H3,(H,33,35,37)/b24-14+. The van der Waals surface area contributed by atoms with Gasteiger partial charge in [-0.15, -0.1) is 0 Å². The highest BCUT2D eigenvalue weighted by Gasteiger charge is 2.37. The number of anilines is 1. The Morgan fingerprint density at radius 1 is 0.872 bits per heavy atom. The third-order valence-corrected chi connectivity index (χ3v) is 7.33. The first kappa shape index (κ1) is 26.6. The largest absolute Gasteiger partial charge is 0.490 e. The van der Waals surface area contributed by atoms with Gasteiger partial charge in [0.05, 0.1) is 12.3 Å². The van der Waals surface area contributed by atoms with Gasteiger partial charge in [0.15, 0.2) is 11.5 Å². The first-order valence-corrected chi connectivity index (χ1v) is 13.7. The Kier molecular flexibility index (Phi) is 7.81. The van der Waals surface area contributed by atoms with E-state index < -0.39 is 17.8 Å². The number of barbiturate groups is 1. The van der Waals surface area contributed by atoms with Crippen LogP contribution >= 0.6 is 31.9 Å². The summed E-state index contributed by atoms with van der Waals surface area (Å²) in [7, 11) is 0. The summed E-state index contributed by atoms with van der Waals surface area (Å²) in [6.07, 6.45) is 1.43. The van der Waals surface area contributed by atoms with E-state index in [1.165, 1.54) is 6.08 Å². The average Bonchev–Trinajstić information content (AvgIpc) is 2.92. The number of rotatable bonds is 7. The summed E-state index contributed by atoms with van der Waals surface area (Å²) < 4.78 is 13.4. The van der Waals surface area contributed by atoms with Crippen molar-refractivity contribution in [3.05, 3.63) is 105 Å². The number of imide groups is 2. The minimum absolute atomic E-state index is 0.190. The van der Waals surface area contributed by atoms with Crippen LogP contribution in [0.5, 0.6) is 11.5 Å². The van der Waals surface area contributed by atoms with Crippen LogP contribution in [0.1, 0.15) is 18.1 Å². The van der Waals surface area contributed by atoms with E-state index in [0.717, 1.165) is 25.7 Å². The second kappa shape index (κ2) is 11.4. The van der Waals surface area contributed by atoms with E-state index in [9.17, 15) is 14.4 Å². The minimum Gasteiger partial charge on any atom is -0.490 e. The summed E-state index contributed by atoms with van der Waals surface area (Å²) in [5.74, 6) is -0.547. The van der Waals surface area contributed by atoms with Gasteiger partial charge in [-0.1, -0.05) is 74.3 Å². The third kappa shape index (κ3) is 5.60. The molecule has 7 nitrogen and oxygen atoms in total. The summed E-state index contributed by atoms with van der Waals surface area (Å²) in [6.45, 7) is 2.56. The number of hydrogen-bond donors (Lipinski definition) is 1. The third-order valence-electron chi connectivity index (χ3n) is 6.11. The van der Waals surface area contributed by atoms with Crippen molar-refractivity contribution in [1.29, 1.82) is 0 Å². The van der Waals surface area contributed by atoms with E-state index in [4.69, 9.17) is 9.47 Å². The van der Waals surface area contributed by atoms with Crippen LogP contribution in [-0.2, 0) is 16.2 Å². The number of nitrogens with zero attached hydrogens (tertiary/aromatic N) is 1. The van der Waals surface area contributed by atoms with E-state index >= 15 is 0 Å². The normalized spacial score (nSPS) is 14.6. The SMILES string of the molecule is CCOc1cc(/C=C2\C(=O)NC(=O)N(c3ccc(Br)cc3)C2=O)c(Br)cc1OCc1cccc2ccccc12. The Morgan fingerprint density at radius 3 is 2.36 bits per heavy atom. The summed E-state index contributed by atoms with van der Waals surface area (Å²) in [6, 6.07) is 23.4. The van der Waals surface area contributed by atoms with Crippen molar-refractivity contribution in [1.82, 2.24) is 5.32 Å². The Morgan fingerprint density at radius 2 is 1.59 bits per heavy atom. The van der Waals surface area contributed by atoms with Crippen LogP contribution in [0, 0.1) is 0 Å². The molecule has 1 aliphatic rings. The number of halogens is 2. The van der Waals surface area contributed by atoms with Gasteiger partial charge in [0, 0.05) is 8.95 Å². The average molecular weight is 650 g/mol. The van der Waals surface area contributed by atoms with Crippen molar-refractivity contribution in [2.24, 2.45) is 0 Å². The highest BCUT2D eigenvalue weighted by molar-refractivity contribution is 9.10. The molecule has 9 heteroatoms. The second-order valence-electron chi connectivity index (χ2n) is 8.61. The fraction of sp³-hybridized carbons (Fsp3) is 0.100. The quantitative estimate of drug-likeness (QED) is 0.172. The maximum atomic E-state index is 13.3. The number of urea groups is 1. The zero-order valence-electron chi connectivity index (χ0n) is 20.7. The fourth-order valence-electron chi connectivity index (χ4n) is 4.25. The van der Waals surface area contributed by atoms with E-state index in [0.29, 0.717) is 40.4 Å². The Balaban J connectivity index is 1.46. The maximum absolute atomic E-state index is 13.3. The van der Waals surface area contributed by atoms with Gasteiger partial charge < -0.3 is 9.47 Å². The molecule has 0 aliphatic carbocycles. The number of carbonyl (C=O) groups is 3. The van der Waals surface area contributed by atoms with Gasteiger partial charge >= 0.3 is 6.03 Å². The molecule has 0 radical (unpaired) electrons. The highest BCUT2D eigenvalue weighted by Crippen LogP contribution is 2.36. The topological polar surface area (TPSA) is 84.9 Å². The molecule has 39 heavy (non-hydrogen) atoms. The molecule has 1 fully saturated rings. The molecule has 5 rings (SSSR count). The molecule has 1 saturated heterocycles. The number of amides is 4. The number of nitrogens with one attached hydrogen (secondary N) is 1. The van der Waals surface area contributed by atoms with Gasteiger partial charge in [0.1, 0.15) is 12.2 Å². The number of benzene rings is 4. The lowest BCUT2D eigenvalue weighted by atomic mass is 10.1. The number of fused-ring (bicyclic) bond motifs is 1. The van der Waals surface area contributed by atoms with Crippen LogP contribution in [0.3, 0.4) is 0 Å². The van der Waals surface area contributed by atoms with Crippen LogP contribution < -0.4 is 19.7 Å². The Labute approximate surface area is 241 Å². The smallest absolute Gasteiger partial charge is 0.335 e. The van der Waals surface area contributed by atoms with E-state index in [2.05, 4.69) is 55.4 Å². The molecule has 1 heterocycles. The minimum atomic E-state index is -0.810. The Hall–Kier alpha value is -3.95. The lowest BCUT2D eigenvalue weighted by Crippen LogP contribution is -2.54. The summed E-state index contributed by atoms with van der Waals surface area (Å²) in [5.41, 5.74) is 1.69. The maximum Gasteiger partial charge on any atom is 0.335 e. The van der Waals surface area contributed by atoms with Gasteiger partial charge in [-0.25, -0.2) is 9.69 Å². The van der Waals surface area contributed by atoms with Gasteiger partial charge in [0.25, 0.3) is 11.8 Å². The fourth-order valence-corrected chi connectivity index (χ4v) is 4.96. The molecule has 1 aliphatic heterocycles. The van der Waals surface area contributed by atoms with Gasteiger partial charge in [0.2, 0.25) is 0 Å². The van der Waals surface area contributed by atoms with Crippen LogP contribution in [0.2, 0.25) is 0 Å². The van der Waals surface area contributed by atoms with Crippen LogP contribution in [-0.4, -0.2) is 24.5 Å². The molecule has 0 bridgehead atoms. The van der Waals surface area contributed by atoms with Gasteiger partial charge in [-0.05, 0) is 71.3 Å². The molecule has 0 atom stereocenters. The first-order valence-electron chi connectivity index (χ1n) is 12.1. The van der Waals surface area contributed by atoms with Gasteiger partial charge in [-0.2, -0.15) is 0 Å². The molecule has 0 aromatic heterocycles. The molecule has 0 spiro atoms. The van der Waals surface area contributed by atoms with E-state index in [-0.39, 0.29) is 5.57 Å². The van der Waals surface area contributed by atoms with E-state index in [1.807, 2.05) is 31.2 Å². The van der Waals surface area contributed by atoms with Crippen molar-refractivity contribution in [2.75, 3.05) is 11.5 Å². The second-order valence-corrected chi connectivity index (χ2v) is 10.4. The van der Waals surface area contributed by atoms with E-state index in [1.54, 1.807) is 36.4 Å². The molecule has 0 unspecified atom stereocenters. The molecular formula is C30H22Br2N2O5. The van der Waals surface area contributed by atoms with Crippen molar-refractivity contribution in [2.45, 2.75) is 13.5 Å². The molecule has 196 valence electrons. The van der Waals surface area contributed by atoms with Gasteiger partial charge in [-0.3, -0.25) is 14.9 Å². The summed E-state index contributed by atoms with van der Waals surface area (Å²) in [5, 5.41) is 4.47. The molecule has 0 saturated carbocycles. The van der Waals surface area contributed by atoms with Crippen LogP contribution in [0.25, 0.3) is 16.8 Å². The predicted octanol–water partition coefficient (Wildman–Crippen LogP) is 7.01. The lowest BCUT2D eigenvalue weighted by molar-refractivity contribution is -0.122. The molecular weight excluding hydrogens is 628 g/mol. The first-order chi connectivity index (χ1) is 18.9. The van der Waals surface area contributed by atoms with Crippen molar-refractivity contribution in [3.8, 4) is 11.5 Å². The van der Waals surface area contributed by atoms with Crippen molar-refractivity contribution < 1.29 is 23.9 Å². The summed E-state index contributed by atoms with van der Waals surface area (Å²) >= 11 is 6.87.